The fourth-order valence-corrected chi connectivity index (χ4v) is 1.59. The first-order chi connectivity index (χ1) is 7.19. The van der Waals surface area contributed by atoms with Crippen LogP contribution < -0.4 is 4.90 Å². The van der Waals surface area contributed by atoms with Crippen molar-refractivity contribution in [3.05, 3.63) is 54.0 Å². The molecule has 1 aromatic carbocycles. The van der Waals surface area contributed by atoms with E-state index in [1.807, 2.05) is 24.3 Å². The van der Waals surface area contributed by atoms with E-state index in [1.165, 1.54) is 6.08 Å². The Morgan fingerprint density at radius 3 is 2.73 bits per heavy atom. The molecule has 0 saturated heterocycles. The number of hydrogen-bond donors (Lipinski definition) is 0. The Labute approximate surface area is 98.0 Å². The van der Waals surface area contributed by atoms with Gasteiger partial charge in [0.25, 0.3) is 5.91 Å². The molecule has 1 rings (SSSR count). The smallest absolute Gasteiger partial charge is 0.250 e. The van der Waals surface area contributed by atoms with Crippen molar-refractivity contribution in [3.63, 3.8) is 0 Å². The van der Waals surface area contributed by atoms with Crippen molar-refractivity contribution in [1.82, 2.24) is 0 Å². The molecule has 3 heteroatoms. The summed E-state index contributed by atoms with van der Waals surface area (Å²) in [4.78, 5) is 13.2. The van der Waals surface area contributed by atoms with E-state index in [2.05, 4.69) is 29.1 Å². The predicted octanol–water partition coefficient (Wildman–Crippen LogP) is 3.15. The summed E-state index contributed by atoms with van der Waals surface area (Å²) in [5, 5.41) is 0. The van der Waals surface area contributed by atoms with Crippen LogP contribution >= 0.6 is 15.9 Å². The predicted molar refractivity (Wildman–Crippen MR) is 66.9 cm³/mol. The van der Waals surface area contributed by atoms with E-state index in [0.717, 1.165) is 10.2 Å². The molecule has 2 nitrogen and oxygen atoms in total. The van der Waals surface area contributed by atoms with E-state index in [4.69, 9.17) is 0 Å². The molecule has 0 N–H and O–H groups in total. The van der Waals surface area contributed by atoms with Crippen molar-refractivity contribution in [3.8, 4) is 0 Å². The summed E-state index contributed by atoms with van der Waals surface area (Å²) < 4.78 is 0.936. The Kier molecular flexibility index (Phi) is 4.31. The third-order valence-corrected chi connectivity index (χ3v) is 2.37. The van der Waals surface area contributed by atoms with Gasteiger partial charge in [0.05, 0.1) is 0 Å². The van der Waals surface area contributed by atoms with Gasteiger partial charge in [-0.15, -0.1) is 6.58 Å². The van der Waals surface area contributed by atoms with Crippen LogP contribution in [-0.4, -0.2) is 12.5 Å². The first-order valence-electron chi connectivity index (χ1n) is 4.49. The van der Waals surface area contributed by atoms with Crippen LogP contribution in [0.4, 0.5) is 5.69 Å². The maximum absolute atomic E-state index is 11.6. The SMILES string of the molecule is C=CCN(C(=O)C=C)c1cccc(Br)c1. The van der Waals surface area contributed by atoms with E-state index in [1.54, 1.807) is 11.0 Å². The molecule has 15 heavy (non-hydrogen) atoms. The van der Waals surface area contributed by atoms with Gasteiger partial charge >= 0.3 is 0 Å². The van der Waals surface area contributed by atoms with Crippen LogP contribution in [0.3, 0.4) is 0 Å². The summed E-state index contributed by atoms with van der Waals surface area (Å²) in [5.74, 6) is -0.131. The van der Waals surface area contributed by atoms with E-state index in [-0.39, 0.29) is 5.91 Å². The van der Waals surface area contributed by atoms with E-state index >= 15 is 0 Å². The molecule has 0 aliphatic carbocycles. The minimum atomic E-state index is -0.131. The van der Waals surface area contributed by atoms with E-state index < -0.39 is 0 Å². The summed E-state index contributed by atoms with van der Waals surface area (Å²) in [7, 11) is 0. The van der Waals surface area contributed by atoms with E-state index in [9.17, 15) is 4.79 Å². The number of carbonyl (C=O) groups excluding carboxylic acids is 1. The van der Waals surface area contributed by atoms with Gasteiger partial charge in [-0.1, -0.05) is 34.7 Å². The lowest BCUT2D eigenvalue weighted by atomic mass is 10.2. The molecule has 78 valence electrons. The summed E-state index contributed by atoms with van der Waals surface area (Å²) >= 11 is 3.36. The number of carbonyl (C=O) groups is 1. The van der Waals surface area contributed by atoms with E-state index in [0.29, 0.717) is 6.54 Å². The minimum absolute atomic E-state index is 0.131. The second-order valence-corrected chi connectivity index (χ2v) is 3.84. The fraction of sp³-hybridized carbons (Fsp3) is 0.0833. The first-order valence-corrected chi connectivity index (χ1v) is 5.28. The second kappa shape index (κ2) is 5.51. The van der Waals surface area contributed by atoms with Gasteiger partial charge in [-0.2, -0.15) is 0 Å². The highest BCUT2D eigenvalue weighted by Gasteiger charge is 2.10. The van der Waals surface area contributed by atoms with Crippen molar-refractivity contribution in [2.75, 3.05) is 11.4 Å². The molecule has 0 aliphatic rings. The number of amides is 1. The Bertz CT molecular complexity index is 387. The number of benzene rings is 1. The zero-order chi connectivity index (χ0) is 11.3. The Morgan fingerprint density at radius 2 is 2.20 bits per heavy atom. The molecule has 0 unspecified atom stereocenters. The van der Waals surface area contributed by atoms with Crippen molar-refractivity contribution in [2.24, 2.45) is 0 Å². The number of halogens is 1. The summed E-state index contributed by atoms with van der Waals surface area (Å²) in [6.07, 6.45) is 2.98. The maximum Gasteiger partial charge on any atom is 0.250 e. The van der Waals surface area contributed by atoms with Gasteiger partial charge in [-0.3, -0.25) is 4.79 Å². The minimum Gasteiger partial charge on any atom is -0.305 e. The third-order valence-electron chi connectivity index (χ3n) is 1.87. The highest BCUT2D eigenvalue weighted by molar-refractivity contribution is 9.10. The molecule has 0 spiro atoms. The van der Waals surface area contributed by atoms with Crippen LogP contribution in [0.1, 0.15) is 0 Å². The molecule has 0 radical (unpaired) electrons. The second-order valence-electron chi connectivity index (χ2n) is 2.92. The highest BCUT2D eigenvalue weighted by atomic mass is 79.9. The van der Waals surface area contributed by atoms with Gasteiger partial charge in [-0.05, 0) is 24.3 Å². The Morgan fingerprint density at radius 1 is 1.47 bits per heavy atom. The van der Waals surface area contributed by atoms with Crippen LogP contribution in [0, 0.1) is 0 Å². The molecular weight excluding hydrogens is 254 g/mol. The van der Waals surface area contributed by atoms with Gasteiger partial charge in [0.2, 0.25) is 0 Å². The molecule has 0 bridgehead atoms. The molecule has 0 fully saturated rings. The van der Waals surface area contributed by atoms with Crippen molar-refractivity contribution in [1.29, 1.82) is 0 Å². The molecule has 0 saturated carbocycles. The number of hydrogen-bond acceptors (Lipinski definition) is 1. The Hall–Kier alpha value is -1.35. The van der Waals surface area contributed by atoms with Gasteiger partial charge in [0.15, 0.2) is 0 Å². The lowest BCUT2D eigenvalue weighted by molar-refractivity contribution is -0.114. The maximum atomic E-state index is 11.6. The quantitative estimate of drug-likeness (QED) is 0.605. The monoisotopic (exact) mass is 265 g/mol. The normalized spacial score (nSPS) is 9.40. The summed E-state index contributed by atoms with van der Waals surface area (Å²) in [6.45, 7) is 7.57. The standard InChI is InChI=1S/C12H12BrNO/c1-3-8-14(12(15)4-2)11-7-5-6-10(13)9-11/h3-7,9H,1-2,8H2. The number of rotatable bonds is 4. The molecule has 0 heterocycles. The van der Waals surface area contributed by atoms with Crippen molar-refractivity contribution >= 4 is 27.5 Å². The van der Waals surface area contributed by atoms with Gasteiger partial charge in [0.1, 0.15) is 0 Å². The van der Waals surface area contributed by atoms with Crippen LogP contribution in [0.15, 0.2) is 54.0 Å². The number of anilines is 1. The van der Waals surface area contributed by atoms with Gasteiger partial charge in [-0.25, -0.2) is 0 Å². The molecule has 0 aliphatic heterocycles. The largest absolute Gasteiger partial charge is 0.305 e. The van der Waals surface area contributed by atoms with Crippen molar-refractivity contribution < 1.29 is 4.79 Å². The summed E-state index contributed by atoms with van der Waals surface area (Å²) in [5.41, 5.74) is 0.828. The van der Waals surface area contributed by atoms with Gasteiger partial charge in [0, 0.05) is 16.7 Å². The highest BCUT2D eigenvalue weighted by Crippen LogP contribution is 2.20. The average molecular weight is 266 g/mol. The first kappa shape index (κ1) is 11.7. The van der Waals surface area contributed by atoms with Crippen molar-refractivity contribution in [2.45, 2.75) is 0 Å². The molecule has 0 atom stereocenters. The average Bonchev–Trinajstić information content (AvgIpc) is 2.25. The number of nitrogens with zero attached hydrogens (tertiary/aromatic N) is 1. The van der Waals surface area contributed by atoms with Crippen LogP contribution in [0.5, 0.6) is 0 Å². The summed E-state index contributed by atoms with van der Waals surface area (Å²) in [6, 6.07) is 7.54. The molecule has 1 amide bonds. The van der Waals surface area contributed by atoms with Crippen LogP contribution in [0.25, 0.3) is 0 Å². The topological polar surface area (TPSA) is 20.3 Å². The Balaban J connectivity index is 3.03. The lowest BCUT2D eigenvalue weighted by Crippen LogP contribution is -2.29. The zero-order valence-corrected chi connectivity index (χ0v) is 9.90. The zero-order valence-electron chi connectivity index (χ0n) is 8.32. The van der Waals surface area contributed by atoms with Gasteiger partial charge < -0.3 is 4.90 Å². The molecule has 1 aromatic rings. The fourth-order valence-electron chi connectivity index (χ4n) is 1.21. The third kappa shape index (κ3) is 3.06. The van der Waals surface area contributed by atoms with Crippen LogP contribution in [-0.2, 0) is 4.79 Å². The molecular formula is C12H12BrNO. The molecule has 0 aromatic heterocycles. The van der Waals surface area contributed by atoms with Crippen LogP contribution in [0.2, 0.25) is 0 Å². The lowest BCUT2D eigenvalue weighted by Gasteiger charge is -2.19.